The lowest BCUT2D eigenvalue weighted by molar-refractivity contribution is -0.153. The van der Waals surface area contributed by atoms with Crippen molar-refractivity contribution in [3.05, 3.63) is 30.5 Å². The summed E-state index contributed by atoms with van der Waals surface area (Å²) in [6.45, 7) is -0.240. The lowest BCUT2D eigenvalue weighted by atomic mass is 10.1. The molecule has 0 atom stereocenters. The van der Waals surface area contributed by atoms with E-state index in [1.54, 1.807) is 25.3 Å². The molecule has 0 fully saturated rings. The summed E-state index contributed by atoms with van der Waals surface area (Å²) in [5, 5.41) is 4.44. The second kappa shape index (κ2) is 6.62. The standard InChI is InChI=1S/C14H15F3N2O2/c1-20-8-7-18-12-4-2-3-11-10(12)5-6-19-13(11)21-9-14(15,16)17/h2-6,18H,7-9H2,1H3. The van der Waals surface area contributed by atoms with Crippen molar-refractivity contribution in [1.29, 1.82) is 0 Å². The van der Waals surface area contributed by atoms with E-state index in [-0.39, 0.29) is 5.88 Å². The highest BCUT2D eigenvalue weighted by Crippen LogP contribution is 2.29. The molecule has 21 heavy (non-hydrogen) atoms. The van der Waals surface area contributed by atoms with Crippen LogP contribution in [0.25, 0.3) is 10.8 Å². The summed E-state index contributed by atoms with van der Waals surface area (Å²) < 4.78 is 46.5. The number of halogens is 3. The van der Waals surface area contributed by atoms with Gasteiger partial charge in [-0.1, -0.05) is 6.07 Å². The number of rotatable bonds is 6. The third-order valence-corrected chi connectivity index (χ3v) is 2.76. The summed E-state index contributed by atoms with van der Waals surface area (Å²) in [4.78, 5) is 3.87. The van der Waals surface area contributed by atoms with Crippen LogP contribution >= 0.6 is 0 Å². The van der Waals surface area contributed by atoms with E-state index in [0.717, 1.165) is 11.1 Å². The summed E-state index contributed by atoms with van der Waals surface area (Å²) in [7, 11) is 1.60. The van der Waals surface area contributed by atoms with E-state index in [2.05, 4.69) is 10.3 Å². The molecule has 7 heteroatoms. The number of hydrogen-bond donors (Lipinski definition) is 1. The third-order valence-electron chi connectivity index (χ3n) is 2.76. The van der Waals surface area contributed by atoms with E-state index in [0.29, 0.717) is 18.5 Å². The summed E-state index contributed by atoms with van der Waals surface area (Å²) in [6, 6.07) is 6.98. The van der Waals surface area contributed by atoms with Gasteiger partial charge >= 0.3 is 6.18 Å². The Morgan fingerprint density at radius 2 is 2.00 bits per heavy atom. The monoisotopic (exact) mass is 300 g/mol. The van der Waals surface area contributed by atoms with Crippen LogP contribution in [-0.2, 0) is 4.74 Å². The molecular formula is C14H15F3N2O2. The van der Waals surface area contributed by atoms with E-state index in [9.17, 15) is 13.2 Å². The van der Waals surface area contributed by atoms with Gasteiger partial charge in [0.05, 0.1) is 6.61 Å². The second-order valence-electron chi connectivity index (χ2n) is 4.34. The highest BCUT2D eigenvalue weighted by atomic mass is 19.4. The lowest BCUT2D eigenvalue weighted by Crippen LogP contribution is -2.19. The maximum atomic E-state index is 12.2. The number of aromatic nitrogens is 1. The van der Waals surface area contributed by atoms with Gasteiger partial charge in [0.2, 0.25) is 5.88 Å². The van der Waals surface area contributed by atoms with Crippen molar-refractivity contribution < 1.29 is 22.6 Å². The van der Waals surface area contributed by atoms with Crippen molar-refractivity contribution >= 4 is 16.5 Å². The van der Waals surface area contributed by atoms with Crippen LogP contribution in [0, 0.1) is 0 Å². The van der Waals surface area contributed by atoms with Crippen LogP contribution in [0.2, 0.25) is 0 Å². The summed E-state index contributed by atoms with van der Waals surface area (Å²) >= 11 is 0. The molecule has 2 aromatic rings. The Balaban J connectivity index is 2.26. The fraction of sp³-hybridized carbons (Fsp3) is 0.357. The van der Waals surface area contributed by atoms with Crippen molar-refractivity contribution in [2.45, 2.75) is 6.18 Å². The van der Waals surface area contributed by atoms with Crippen molar-refractivity contribution in [3.8, 4) is 5.88 Å². The van der Waals surface area contributed by atoms with Gasteiger partial charge in [0.25, 0.3) is 0 Å². The van der Waals surface area contributed by atoms with Crippen molar-refractivity contribution in [2.24, 2.45) is 0 Å². The molecule has 114 valence electrons. The molecule has 0 bridgehead atoms. The number of nitrogens with one attached hydrogen (secondary N) is 1. The first-order valence-corrected chi connectivity index (χ1v) is 6.31. The number of ether oxygens (including phenoxy) is 2. The molecule has 0 aliphatic carbocycles. The highest BCUT2D eigenvalue weighted by Gasteiger charge is 2.29. The van der Waals surface area contributed by atoms with Crippen LogP contribution in [0.4, 0.5) is 18.9 Å². The normalized spacial score (nSPS) is 11.6. The van der Waals surface area contributed by atoms with Crippen LogP contribution in [0.5, 0.6) is 5.88 Å². The number of alkyl halides is 3. The molecule has 0 saturated heterocycles. The SMILES string of the molecule is COCCNc1cccc2c(OCC(F)(F)F)nccc12. The van der Waals surface area contributed by atoms with E-state index in [4.69, 9.17) is 9.47 Å². The largest absolute Gasteiger partial charge is 0.468 e. The van der Waals surface area contributed by atoms with Crippen molar-refractivity contribution in [1.82, 2.24) is 4.98 Å². The van der Waals surface area contributed by atoms with E-state index in [1.807, 2.05) is 6.07 Å². The van der Waals surface area contributed by atoms with E-state index < -0.39 is 12.8 Å². The molecule has 0 aliphatic rings. The van der Waals surface area contributed by atoms with E-state index in [1.165, 1.54) is 6.20 Å². The Kier molecular flexibility index (Phi) is 4.85. The van der Waals surface area contributed by atoms with Gasteiger partial charge in [0.1, 0.15) is 0 Å². The van der Waals surface area contributed by atoms with Gasteiger partial charge in [-0.15, -0.1) is 0 Å². The highest BCUT2D eigenvalue weighted by molar-refractivity contribution is 5.96. The van der Waals surface area contributed by atoms with Crippen LogP contribution in [0.1, 0.15) is 0 Å². The molecule has 0 unspecified atom stereocenters. The zero-order valence-corrected chi connectivity index (χ0v) is 11.4. The first-order chi connectivity index (χ1) is 10.0. The molecule has 4 nitrogen and oxygen atoms in total. The van der Waals surface area contributed by atoms with Gasteiger partial charge in [-0.3, -0.25) is 0 Å². The Morgan fingerprint density at radius 3 is 2.71 bits per heavy atom. The average molecular weight is 300 g/mol. The Labute approximate surface area is 119 Å². The number of nitrogens with zero attached hydrogens (tertiary/aromatic N) is 1. The fourth-order valence-electron chi connectivity index (χ4n) is 1.89. The number of pyridine rings is 1. The molecule has 0 spiro atoms. The number of methoxy groups -OCH3 is 1. The van der Waals surface area contributed by atoms with Gasteiger partial charge in [-0.25, -0.2) is 4.98 Å². The quantitative estimate of drug-likeness (QED) is 0.832. The maximum absolute atomic E-state index is 12.2. The topological polar surface area (TPSA) is 43.4 Å². The molecule has 1 heterocycles. The molecule has 0 radical (unpaired) electrons. The predicted molar refractivity (Wildman–Crippen MR) is 73.7 cm³/mol. The molecule has 1 aromatic carbocycles. The molecule has 0 saturated carbocycles. The van der Waals surface area contributed by atoms with Crippen LogP contribution < -0.4 is 10.1 Å². The van der Waals surface area contributed by atoms with Gasteiger partial charge in [0.15, 0.2) is 6.61 Å². The van der Waals surface area contributed by atoms with E-state index >= 15 is 0 Å². The Morgan fingerprint density at radius 1 is 1.19 bits per heavy atom. The molecular weight excluding hydrogens is 285 g/mol. The minimum absolute atomic E-state index is 0.0276. The number of fused-ring (bicyclic) bond motifs is 1. The number of hydrogen-bond acceptors (Lipinski definition) is 4. The van der Waals surface area contributed by atoms with Gasteiger partial charge in [-0.2, -0.15) is 13.2 Å². The first kappa shape index (κ1) is 15.4. The summed E-state index contributed by atoms with van der Waals surface area (Å²) in [6.07, 6.45) is -2.96. The predicted octanol–water partition coefficient (Wildman–Crippen LogP) is 3.23. The zero-order valence-electron chi connectivity index (χ0n) is 11.4. The molecule has 2 rings (SSSR count). The molecule has 0 aliphatic heterocycles. The second-order valence-corrected chi connectivity index (χ2v) is 4.34. The number of anilines is 1. The molecule has 1 N–H and O–H groups in total. The minimum atomic E-state index is -4.39. The van der Waals surface area contributed by atoms with Gasteiger partial charge < -0.3 is 14.8 Å². The zero-order chi connectivity index (χ0) is 15.3. The Hall–Kier alpha value is -2.02. The van der Waals surface area contributed by atoms with Crippen molar-refractivity contribution in [3.63, 3.8) is 0 Å². The summed E-state index contributed by atoms with van der Waals surface area (Å²) in [5.74, 6) is -0.0276. The van der Waals surface area contributed by atoms with Gasteiger partial charge in [-0.05, 0) is 18.2 Å². The number of benzene rings is 1. The first-order valence-electron chi connectivity index (χ1n) is 6.31. The fourth-order valence-corrected chi connectivity index (χ4v) is 1.89. The smallest absolute Gasteiger partial charge is 0.422 e. The Bertz CT molecular complexity index is 602. The lowest BCUT2D eigenvalue weighted by Gasteiger charge is -2.13. The molecule has 1 aromatic heterocycles. The van der Waals surface area contributed by atoms with Gasteiger partial charge in [0, 0.05) is 36.3 Å². The third kappa shape index (κ3) is 4.22. The minimum Gasteiger partial charge on any atom is -0.468 e. The summed E-state index contributed by atoms with van der Waals surface area (Å²) in [5.41, 5.74) is 0.795. The van der Waals surface area contributed by atoms with Crippen LogP contribution in [0.15, 0.2) is 30.5 Å². The average Bonchev–Trinajstić information content (AvgIpc) is 2.45. The molecule has 0 amide bonds. The van der Waals surface area contributed by atoms with Crippen molar-refractivity contribution in [2.75, 3.05) is 32.2 Å². The maximum Gasteiger partial charge on any atom is 0.422 e. The van der Waals surface area contributed by atoms with Crippen LogP contribution in [-0.4, -0.2) is 38.0 Å². The van der Waals surface area contributed by atoms with Crippen LogP contribution in [0.3, 0.4) is 0 Å².